The summed E-state index contributed by atoms with van der Waals surface area (Å²) < 4.78 is 7.34. The summed E-state index contributed by atoms with van der Waals surface area (Å²) in [6, 6.07) is 24.4. The summed E-state index contributed by atoms with van der Waals surface area (Å²) in [6.45, 7) is 4.58. The van der Waals surface area contributed by atoms with E-state index in [0.29, 0.717) is 75.3 Å². The molecule has 8 rings (SSSR count). The van der Waals surface area contributed by atoms with Gasteiger partial charge in [-0.2, -0.15) is 0 Å². The van der Waals surface area contributed by atoms with Crippen LogP contribution in [0.1, 0.15) is 48.3 Å². The monoisotopic (exact) mass is 767 g/mol. The number of nitrogens with one attached hydrogen (secondary N) is 2. The lowest BCUT2D eigenvalue weighted by Crippen LogP contribution is -2.50. The van der Waals surface area contributed by atoms with Gasteiger partial charge in [-0.1, -0.05) is 77.3 Å². The Labute approximate surface area is 321 Å². The number of cyclic esters (lactones) is 1. The van der Waals surface area contributed by atoms with E-state index in [1.165, 1.54) is 0 Å². The smallest absolute Gasteiger partial charge is 0.410 e. The summed E-state index contributed by atoms with van der Waals surface area (Å²) in [5.74, 6) is 0.318. The van der Waals surface area contributed by atoms with E-state index in [2.05, 4.69) is 15.2 Å². The molecule has 0 spiro atoms. The maximum atomic E-state index is 14.7. The van der Waals surface area contributed by atoms with Gasteiger partial charge in [-0.15, -0.1) is 0 Å². The molecule has 3 aromatic heterocycles. The van der Waals surface area contributed by atoms with E-state index in [9.17, 15) is 9.59 Å². The number of amides is 2. The number of ether oxygens (including phenoxy) is 1. The van der Waals surface area contributed by atoms with Gasteiger partial charge in [0, 0.05) is 69.0 Å². The molecule has 0 bridgehead atoms. The Kier molecular flexibility index (Phi) is 9.76. The fraction of sp³-hybridized carbons (Fsp3) is 0.250. The quantitative estimate of drug-likeness (QED) is 0.160. The van der Waals surface area contributed by atoms with Crippen LogP contribution in [0.4, 0.5) is 16.3 Å². The Balaban J connectivity index is 1.19. The van der Waals surface area contributed by atoms with Crippen molar-refractivity contribution < 1.29 is 14.3 Å². The maximum absolute atomic E-state index is 14.7. The zero-order valence-corrected chi connectivity index (χ0v) is 31.1. The molecule has 2 amide bonds. The molecule has 3 aromatic carbocycles. The predicted molar refractivity (Wildman–Crippen MR) is 210 cm³/mol. The van der Waals surface area contributed by atoms with Crippen LogP contribution in [0.15, 0.2) is 91.4 Å². The second-order valence-corrected chi connectivity index (χ2v) is 14.6. The number of aromatic nitrogens is 4. The second-order valence-electron chi connectivity index (χ2n) is 13.3. The van der Waals surface area contributed by atoms with Gasteiger partial charge in [0.05, 0.1) is 36.1 Å². The van der Waals surface area contributed by atoms with Crippen LogP contribution in [0.2, 0.25) is 15.1 Å². The van der Waals surface area contributed by atoms with Crippen LogP contribution in [0.3, 0.4) is 0 Å². The minimum absolute atomic E-state index is 0.107. The van der Waals surface area contributed by atoms with E-state index in [0.717, 1.165) is 41.5 Å². The highest BCUT2D eigenvalue weighted by molar-refractivity contribution is 6.35. The minimum Gasteiger partial charge on any atom is -0.449 e. The number of anilines is 2. The molecular weight excluding hydrogens is 733 g/mol. The van der Waals surface area contributed by atoms with Crippen LogP contribution in [-0.2, 0) is 4.74 Å². The molecule has 5 heterocycles. The molecule has 2 saturated heterocycles. The van der Waals surface area contributed by atoms with Gasteiger partial charge in [0.1, 0.15) is 5.69 Å². The molecule has 2 aliphatic heterocycles. The van der Waals surface area contributed by atoms with E-state index in [-0.39, 0.29) is 24.1 Å². The van der Waals surface area contributed by atoms with Gasteiger partial charge >= 0.3 is 6.09 Å². The fourth-order valence-corrected chi connectivity index (χ4v) is 8.25. The van der Waals surface area contributed by atoms with Gasteiger partial charge in [-0.25, -0.2) is 14.8 Å². The molecule has 13 heteroatoms. The molecule has 270 valence electrons. The van der Waals surface area contributed by atoms with Gasteiger partial charge in [0.15, 0.2) is 5.82 Å². The van der Waals surface area contributed by atoms with Crippen molar-refractivity contribution in [2.45, 2.75) is 38.3 Å². The van der Waals surface area contributed by atoms with Crippen molar-refractivity contribution in [2.75, 3.05) is 36.5 Å². The molecule has 0 saturated carbocycles. The Hall–Kier alpha value is -5.03. The standard InChI is InChI=1S/C40H36Cl3N7O3/c1-24(29-12-10-26(41)21-31(29)43)50-23-45-35(25-7-3-2-4-8-25)37(50)34-30-13-11-27(42)22-33(30)46-36(34)39(51)47-32-9-5-16-44-38(32)48-18-14-28(15-19-48)49-17-6-20-53-40(49)52/h2-5,7-13,16,21-24,28,46H,6,14-15,17-20H2,1H3,(H,47,51)/t24-/m0/s1. The van der Waals surface area contributed by atoms with Crippen molar-refractivity contribution in [2.24, 2.45) is 0 Å². The van der Waals surface area contributed by atoms with Crippen molar-refractivity contribution >= 4 is 69.2 Å². The number of hydrogen-bond acceptors (Lipinski definition) is 6. The largest absolute Gasteiger partial charge is 0.449 e. The molecule has 2 fully saturated rings. The topological polar surface area (TPSA) is 108 Å². The third-order valence-electron chi connectivity index (χ3n) is 10.1. The molecule has 6 aromatic rings. The third-order valence-corrected chi connectivity index (χ3v) is 10.9. The number of hydrogen-bond donors (Lipinski definition) is 2. The van der Waals surface area contributed by atoms with Crippen molar-refractivity contribution in [3.8, 4) is 22.5 Å². The van der Waals surface area contributed by atoms with E-state index >= 15 is 0 Å². The van der Waals surface area contributed by atoms with Crippen LogP contribution in [0.25, 0.3) is 33.4 Å². The summed E-state index contributed by atoms with van der Waals surface area (Å²) in [6.07, 6.45) is 5.66. The first-order valence-electron chi connectivity index (χ1n) is 17.6. The number of pyridine rings is 1. The molecule has 2 N–H and O–H groups in total. The van der Waals surface area contributed by atoms with Gasteiger partial charge in [0.2, 0.25) is 0 Å². The number of carbonyl (C=O) groups excluding carboxylic acids is 2. The summed E-state index contributed by atoms with van der Waals surface area (Å²) in [7, 11) is 0. The number of aromatic amines is 1. The molecule has 10 nitrogen and oxygen atoms in total. The van der Waals surface area contributed by atoms with Gasteiger partial charge < -0.3 is 29.4 Å². The molecule has 1 atom stereocenters. The van der Waals surface area contributed by atoms with Crippen molar-refractivity contribution in [3.05, 3.63) is 118 Å². The lowest BCUT2D eigenvalue weighted by atomic mass is 9.99. The molecule has 0 aliphatic carbocycles. The van der Waals surface area contributed by atoms with Crippen molar-refractivity contribution in [1.82, 2.24) is 24.4 Å². The third kappa shape index (κ3) is 6.83. The van der Waals surface area contributed by atoms with Gasteiger partial charge in [0.25, 0.3) is 5.91 Å². The summed E-state index contributed by atoms with van der Waals surface area (Å²) in [5, 5.41) is 5.59. The number of carbonyl (C=O) groups is 2. The molecular formula is C40H36Cl3N7O3. The van der Waals surface area contributed by atoms with Crippen molar-refractivity contribution in [1.29, 1.82) is 0 Å². The Bertz CT molecular complexity index is 2320. The number of imidazole rings is 1. The van der Waals surface area contributed by atoms with E-state index < -0.39 is 0 Å². The van der Waals surface area contributed by atoms with Crippen LogP contribution >= 0.6 is 34.8 Å². The van der Waals surface area contributed by atoms with Crippen LogP contribution < -0.4 is 10.2 Å². The summed E-state index contributed by atoms with van der Waals surface area (Å²) in [5.41, 5.74) is 5.47. The SMILES string of the molecule is C[C@@H](c1ccc(Cl)cc1Cl)n1cnc(-c2ccccc2)c1-c1c(C(=O)Nc2cccnc2N2CCC(N3CCCOC3=O)CC2)[nH]c2cc(Cl)ccc12. The number of benzene rings is 3. The number of nitrogens with zero attached hydrogens (tertiary/aromatic N) is 5. The highest BCUT2D eigenvalue weighted by Crippen LogP contribution is 2.42. The summed E-state index contributed by atoms with van der Waals surface area (Å²) >= 11 is 19.5. The molecule has 0 radical (unpaired) electrons. The number of halogens is 3. The second kappa shape index (κ2) is 14.8. The molecule has 53 heavy (non-hydrogen) atoms. The average molecular weight is 769 g/mol. The lowest BCUT2D eigenvalue weighted by Gasteiger charge is -2.40. The fourth-order valence-electron chi connectivity index (χ4n) is 7.51. The van der Waals surface area contributed by atoms with Crippen molar-refractivity contribution in [3.63, 3.8) is 0 Å². The first-order chi connectivity index (χ1) is 25.8. The maximum Gasteiger partial charge on any atom is 0.410 e. The van der Waals surface area contributed by atoms with Gasteiger partial charge in [-0.05, 0) is 68.1 Å². The highest BCUT2D eigenvalue weighted by atomic mass is 35.5. The average Bonchev–Trinajstić information content (AvgIpc) is 3.77. The predicted octanol–water partition coefficient (Wildman–Crippen LogP) is 9.73. The van der Waals surface area contributed by atoms with Crippen LogP contribution in [0, 0.1) is 0 Å². The van der Waals surface area contributed by atoms with E-state index in [1.54, 1.807) is 18.6 Å². The van der Waals surface area contributed by atoms with Gasteiger partial charge in [-0.3, -0.25) is 4.79 Å². The van der Waals surface area contributed by atoms with E-state index in [4.69, 9.17) is 49.5 Å². The lowest BCUT2D eigenvalue weighted by molar-refractivity contribution is 0.0499. The Morgan fingerprint density at radius 2 is 1.72 bits per heavy atom. The number of fused-ring (bicyclic) bond motifs is 1. The van der Waals surface area contributed by atoms with E-state index in [1.807, 2.05) is 89.2 Å². The normalized spacial score (nSPS) is 15.8. The first-order valence-corrected chi connectivity index (χ1v) is 18.7. The Morgan fingerprint density at radius 3 is 2.49 bits per heavy atom. The zero-order valence-electron chi connectivity index (χ0n) is 28.9. The number of rotatable bonds is 8. The highest BCUT2D eigenvalue weighted by Gasteiger charge is 2.33. The number of piperidine rings is 1. The first kappa shape index (κ1) is 35.0. The van der Waals surface area contributed by atoms with Crippen LogP contribution in [0.5, 0.6) is 0 Å². The minimum atomic E-state index is -0.350. The van der Waals surface area contributed by atoms with Crippen LogP contribution in [-0.4, -0.2) is 68.7 Å². The zero-order chi connectivity index (χ0) is 36.6. The molecule has 2 aliphatic rings. The molecule has 0 unspecified atom stereocenters. The number of H-pyrrole nitrogens is 1. The summed E-state index contributed by atoms with van der Waals surface area (Å²) in [4.78, 5) is 44.1. The Morgan fingerprint density at radius 1 is 0.943 bits per heavy atom.